The van der Waals surface area contributed by atoms with Crippen molar-refractivity contribution in [3.63, 3.8) is 0 Å². The van der Waals surface area contributed by atoms with Crippen molar-refractivity contribution >= 4 is 17.3 Å². The molecule has 7 heteroatoms. The number of carbonyl (C=O) groups is 1. The predicted octanol–water partition coefficient (Wildman–Crippen LogP) is 1.98. The van der Waals surface area contributed by atoms with Crippen LogP contribution in [0.3, 0.4) is 0 Å². The zero-order valence-corrected chi connectivity index (χ0v) is 12.2. The molecule has 1 aromatic carbocycles. The number of aliphatic hydroxyl groups is 1. The number of hydrogen-bond acceptors (Lipinski definition) is 6. The molecule has 0 spiro atoms. The van der Waals surface area contributed by atoms with Gasteiger partial charge in [0.25, 0.3) is 5.69 Å². The third-order valence-electron chi connectivity index (χ3n) is 3.16. The molecule has 0 aliphatic carbocycles. The number of benzene rings is 1. The molecule has 0 fully saturated rings. The molecule has 0 saturated carbocycles. The first-order chi connectivity index (χ1) is 10.0. The molecule has 0 aliphatic rings. The number of hydrogen-bond donors (Lipinski definition) is 1. The molecule has 0 amide bonds. The van der Waals surface area contributed by atoms with E-state index in [0.29, 0.717) is 18.7 Å². The van der Waals surface area contributed by atoms with E-state index in [1.165, 1.54) is 25.3 Å². The summed E-state index contributed by atoms with van der Waals surface area (Å²) in [6.07, 6.45) is 2.35. The second-order valence-corrected chi connectivity index (χ2v) is 4.66. The van der Waals surface area contributed by atoms with Crippen molar-refractivity contribution in [2.45, 2.75) is 19.3 Å². The van der Waals surface area contributed by atoms with Crippen LogP contribution in [-0.4, -0.2) is 43.3 Å². The number of anilines is 1. The topological polar surface area (TPSA) is 92.9 Å². The summed E-state index contributed by atoms with van der Waals surface area (Å²) in [4.78, 5) is 23.9. The minimum atomic E-state index is -0.528. The van der Waals surface area contributed by atoms with Gasteiger partial charge in [0.05, 0.1) is 17.6 Å². The number of esters is 1. The van der Waals surface area contributed by atoms with Gasteiger partial charge in [-0.15, -0.1) is 0 Å². The lowest BCUT2D eigenvalue weighted by Crippen LogP contribution is -2.20. The van der Waals surface area contributed by atoms with E-state index in [4.69, 9.17) is 5.11 Å². The number of aliphatic hydroxyl groups excluding tert-OH is 1. The summed E-state index contributed by atoms with van der Waals surface area (Å²) >= 11 is 0. The van der Waals surface area contributed by atoms with Gasteiger partial charge in [-0.25, -0.2) is 4.79 Å². The smallest absolute Gasteiger partial charge is 0.337 e. The number of nitro benzene ring substituents is 1. The molecule has 21 heavy (non-hydrogen) atoms. The van der Waals surface area contributed by atoms with Crippen LogP contribution in [0.4, 0.5) is 11.4 Å². The van der Waals surface area contributed by atoms with Crippen molar-refractivity contribution in [3.05, 3.63) is 33.9 Å². The van der Waals surface area contributed by atoms with Crippen molar-refractivity contribution in [1.29, 1.82) is 0 Å². The van der Waals surface area contributed by atoms with E-state index in [2.05, 4.69) is 4.74 Å². The monoisotopic (exact) mass is 296 g/mol. The Morgan fingerprint density at radius 2 is 2.10 bits per heavy atom. The molecule has 1 aromatic rings. The Labute approximate surface area is 123 Å². The molecule has 0 heterocycles. The zero-order valence-electron chi connectivity index (χ0n) is 12.2. The van der Waals surface area contributed by atoms with Gasteiger partial charge in [-0.1, -0.05) is 0 Å². The molecular weight excluding hydrogens is 276 g/mol. The maximum absolute atomic E-state index is 11.5. The van der Waals surface area contributed by atoms with Gasteiger partial charge < -0.3 is 14.7 Å². The van der Waals surface area contributed by atoms with Crippen molar-refractivity contribution in [2.24, 2.45) is 0 Å². The molecular formula is C14H20N2O5. The van der Waals surface area contributed by atoms with Gasteiger partial charge in [0.2, 0.25) is 0 Å². The molecule has 0 aliphatic heterocycles. The maximum Gasteiger partial charge on any atom is 0.337 e. The highest BCUT2D eigenvalue weighted by Gasteiger charge is 2.19. The number of nitro groups is 1. The fourth-order valence-corrected chi connectivity index (χ4v) is 1.99. The number of nitrogens with zero attached hydrogens (tertiary/aromatic N) is 2. The third-order valence-corrected chi connectivity index (χ3v) is 3.16. The number of ether oxygens (including phenoxy) is 1. The first kappa shape index (κ1) is 16.9. The summed E-state index contributed by atoms with van der Waals surface area (Å²) in [5.74, 6) is -0.528. The van der Waals surface area contributed by atoms with Crippen LogP contribution in [0, 0.1) is 10.1 Å². The van der Waals surface area contributed by atoms with Crippen LogP contribution in [0.1, 0.15) is 29.6 Å². The summed E-state index contributed by atoms with van der Waals surface area (Å²) in [6.45, 7) is 0.743. The first-order valence-corrected chi connectivity index (χ1v) is 6.70. The van der Waals surface area contributed by atoms with Crippen molar-refractivity contribution in [2.75, 3.05) is 32.2 Å². The van der Waals surface area contributed by atoms with Crippen molar-refractivity contribution in [1.82, 2.24) is 0 Å². The lowest BCUT2D eigenvalue weighted by atomic mass is 10.1. The maximum atomic E-state index is 11.5. The zero-order chi connectivity index (χ0) is 15.8. The average molecular weight is 296 g/mol. The first-order valence-electron chi connectivity index (χ1n) is 6.70. The number of carbonyl (C=O) groups excluding carboxylic acids is 1. The van der Waals surface area contributed by atoms with E-state index in [0.717, 1.165) is 12.8 Å². The molecule has 0 radical (unpaired) electrons. The van der Waals surface area contributed by atoms with E-state index >= 15 is 0 Å². The van der Waals surface area contributed by atoms with Crippen LogP contribution in [-0.2, 0) is 4.74 Å². The van der Waals surface area contributed by atoms with Crippen molar-refractivity contribution in [3.8, 4) is 0 Å². The molecule has 1 N–H and O–H groups in total. The Balaban J connectivity index is 2.94. The second kappa shape index (κ2) is 8.21. The number of rotatable bonds is 8. The molecule has 0 unspecified atom stereocenters. The van der Waals surface area contributed by atoms with Gasteiger partial charge in [-0.3, -0.25) is 10.1 Å². The highest BCUT2D eigenvalue weighted by molar-refractivity contribution is 5.91. The Hall–Kier alpha value is -2.15. The quantitative estimate of drug-likeness (QED) is 0.341. The lowest BCUT2D eigenvalue weighted by Gasteiger charge is -2.19. The molecule has 1 rings (SSSR count). The standard InChI is InChI=1S/C14H20N2O5/c1-15(8-4-3-5-9-17)13-10-11(14(18)21-2)6-7-12(13)16(19)20/h6-7,10,17H,3-5,8-9H2,1-2H3. The van der Waals surface area contributed by atoms with Gasteiger partial charge >= 0.3 is 5.97 Å². The minimum absolute atomic E-state index is 0.0488. The van der Waals surface area contributed by atoms with Crippen LogP contribution in [0.5, 0.6) is 0 Å². The lowest BCUT2D eigenvalue weighted by molar-refractivity contribution is -0.384. The summed E-state index contributed by atoms with van der Waals surface area (Å²) in [5, 5.41) is 19.8. The van der Waals surface area contributed by atoms with Crippen LogP contribution in [0.25, 0.3) is 0 Å². The Bertz CT molecular complexity index is 504. The van der Waals surface area contributed by atoms with Gasteiger partial charge in [0.15, 0.2) is 0 Å². The highest BCUT2D eigenvalue weighted by atomic mass is 16.6. The Morgan fingerprint density at radius 3 is 2.67 bits per heavy atom. The highest BCUT2D eigenvalue weighted by Crippen LogP contribution is 2.29. The predicted molar refractivity (Wildman–Crippen MR) is 78.6 cm³/mol. The van der Waals surface area contributed by atoms with E-state index in [1.807, 2.05) is 0 Å². The van der Waals surface area contributed by atoms with E-state index < -0.39 is 10.9 Å². The largest absolute Gasteiger partial charge is 0.465 e. The summed E-state index contributed by atoms with van der Waals surface area (Å²) in [5.41, 5.74) is 0.611. The van der Waals surface area contributed by atoms with E-state index in [1.54, 1.807) is 11.9 Å². The molecule has 116 valence electrons. The second-order valence-electron chi connectivity index (χ2n) is 4.66. The van der Waals surface area contributed by atoms with E-state index in [-0.39, 0.29) is 17.9 Å². The fourth-order valence-electron chi connectivity index (χ4n) is 1.99. The summed E-state index contributed by atoms with van der Waals surface area (Å²) < 4.78 is 4.63. The molecule has 0 bridgehead atoms. The van der Waals surface area contributed by atoms with Gasteiger partial charge in [0.1, 0.15) is 5.69 Å². The molecule has 0 saturated heterocycles. The Kier molecular flexibility index (Phi) is 6.61. The van der Waals surface area contributed by atoms with Crippen LogP contribution in [0.15, 0.2) is 18.2 Å². The molecule has 0 aromatic heterocycles. The SMILES string of the molecule is COC(=O)c1ccc([N+](=O)[O-])c(N(C)CCCCCO)c1. The summed E-state index contributed by atoms with van der Waals surface area (Å²) in [7, 11) is 3.00. The third kappa shape index (κ3) is 4.71. The van der Waals surface area contributed by atoms with E-state index in [9.17, 15) is 14.9 Å². The number of methoxy groups -OCH3 is 1. The minimum Gasteiger partial charge on any atom is -0.465 e. The Morgan fingerprint density at radius 1 is 1.38 bits per heavy atom. The number of unbranched alkanes of at least 4 members (excludes halogenated alkanes) is 2. The van der Waals surface area contributed by atoms with Crippen LogP contribution in [0.2, 0.25) is 0 Å². The van der Waals surface area contributed by atoms with Crippen molar-refractivity contribution < 1.29 is 19.6 Å². The van der Waals surface area contributed by atoms with Gasteiger partial charge in [-0.05, 0) is 31.4 Å². The van der Waals surface area contributed by atoms with Crippen LogP contribution < -0.4 is 4.90 Å². The molecule has 0 atom stereocenters. The normalized spacial score (nSPS) is 10.2. The van der Waals surface area contributed by atoms with Crippen LogP contribution >= 0.6 is 0 Å². The fraction of sp³-hybridized carbons (Fsp3) is 0.500. The molecule has 7 nitrogen and oxygen atoms in total. The average Bonchev–Trinajstić information content (AvgIpc) is 2.49. The van der Waals surface area contributed by atoms with Gasteiger partial charge in [-0.2, -0.15) is 0 Å². The van der Waals surface area contributed by atoms with Gasteiger partial charge in [0, 0.05) is 26.3 Å². The summed E-state index contributed by atoms with van der Waals surface area (Å²) in [6, 6.07) is 4.16.